The van der Waals surface area contributed by atoms with Gasteiger partial charge in [-0.2, -0.15) is 5.10 Å². The lowest BCUT2D eigenvalue weighted by Crippen LogP contribution is -2.27. The molecule has 0 radical (unpaired) electrons. The number of phenols is 1. The molecule has 0 saturated carbocycles. The van der Waals surface area contributed by atoms with Crippen LogP contribution in [-0.2, 0) is 0 Å². The zero-order valence-electron chi connectivity index (χ0n) is 9.51. The van der Waals surface area contributed by atoms with E-state index in [1.807, 2.05) is 0 Å². The minimum atomic E-state index is -0.377. The molecule has 2 rings (SSSR count). The van der Waals surface area contributed by atoms with Crippen molar-refractivity contribution in [2.75, 3.05) is 0 Å². The Labute approximate surface area is 112 Å². The Morgan fingerprint density at radius 3 is 3.00 bits per heavy atom. The molecular weight excluding hydrogens is 300 g/mol. The number of carbonyl (C=O) groups excluding carboxylic acids is 1. The zero-order chi connectivity index (χ0) is 13.1. The normalized spacial score (nSPS) is 12.1. The van der Waals surface area contributed by atoms with Gasteiger partial charge in [-0.15, -0.1) is 0 Å². The van der Waals surface area contributed by atoms with Gasteiger partial charge in [0.1, 0.15) is 17.9 Å². The average molecular weight is 311 g/mol. The smallest absolute Gasteiger partial charge is 0.255 e. The van der Waals surface area contributed by atoms with Gasteiger partial charge in [0.25, 0.3) is 5.91 Å². The summed E-state index contributed by atoms with van der Waals surface area (Å²) in [5, 5.41) is 18.7. The van der Waals surface area contributed by atoms with E-state index in [2.05, 4.69) is 36.4 Å². The molecule has 3 N–H and O–H groups in total. The first-order valence-electron chi connectivity index (χ1n) is 5.22. The van der Waals surface area contributed by atoms with Gasteiger partial charge in [0.15, 0.2) is 0 Å². The van der Waals surface area contributed by atoms with Crippen LogP contribution in [0, 0.1) is 0 Å². The molecule has 1 atom stereocenters. The number of nitrogens with zero attached hydrogens (tertiary/aromatic N) is 2. The molecule has 0 aliphatic rings. The van der Waals surface area contributed by atoms with E-state index >= 15 is 0 Å². The molecule has 1 heterocycles. The van der Waals surface area contributed by atoms with Crippen LogP contribution in [0.3, 0.4) is 0 Å². The third kappa shape index (κ3) is 2.67. The second-order valence-electron chi connectivity index (χ2n) is 3.73. The summed E-state index contributed by atoms with van der Waals surface area (Å²) in [6.45, 7) is 1.77. The number of aromatic nitrogens is 3. The minimum Gasteiger partial charge on any atom is -0.507 e. The van der Waals surface area contributed by atoms with E-state index in [4.69, 9.17) is 0 Å². The summed E-state index contributed by atoms with van der Waals surface area (Å²) in [6.07, 6.45) is 1.37. The highest BCUT2D eigenvalue weighted by molar-refractivity contribution is 9.10. The summed E-state index contributed by atoms with van der Waals surface area (Å²) in [6, 6.07) is 4.35. The molecule has 2 aromatic rings. The molecule has 0 fully saturated rings. The fourth-order valence-electron chi connectivity index (χ4n) is 1.46. The summed E-state index contributed by atoms with van der Waals surface area (Å²) in [4.78, 5) is 15.9. The Balaban J connectivity index is 2.15. The predicted molar refractivity (Wildman–Crippen MR) is 68.1 cm³/mol. The van der Waals surface area contributed by atoms with Gasteiger partial charge in [-0.25, -0.2) is 4.98 Å². The highest BCUT2D eigenvalue weighted by Gasteiger charge is 2.16. The number of halogens is 1. The van der Waals surface area contributed by atoms with E-state index < -0.39 is 0 Å². The Kier molecular flexibility index (Phi) is 3.61. The van der Waals surface area contributed by atoms with Crippen molar-refractivity contribution in [1.29, 1.82) is 0 Å². The molecular formula is C11H11BrN4O2. The van der Waals surface area contributed by atoms with Crippen LogP contribution in [0.1, 0.15) is 29.1 Å². The zero-order valence-corrected chi connectivity index (χ0v) is 11.1. The van der Waals surface area contributed by atoms with Gasteiger partial charge in [0.05, 0.1) is 11.6 Å². The lowest BCUT2D eigenvalue weighted by molar-refractivity contribution is 0.0935. The summed E-state index contributed by atoms with van der Waals surface area (Å²) < 4.78 is 0.720. The number of phenolic OH excluding ortho intramolecular Hbond substituents is 1. The van der Waals surface area contributed by atoms with E-state index in [0.29, 0.717) is 5.82 Å². The van der Waals surface area contributed by atoms with Crippen molar-refractivity contribution in [3.63, 3.8) is 0 Å². The summed E-state index contributed by atoms with van der Waals surface area (Å²) in [5.41, 5.74) is 0.204. The predicted octanol–water partition coefficient (Wildman–Crippen LogP) is 1.76. The molecule has 1 aromatic carbocycles. The lowest BCUT2D eigenvalue weighted by Gasteiger charge is -2.12. The number of hydrogen-bond acceptors (Lipinski definition) is 4. The number of amides is 1. The van der Waals surface area contributed by atoms with Crippen LogP contribution < -0.4 is 5.32 Å². The highest BCUT2D eigenvalue weighted by Crippen LogP contribution is 2.22. The van der Waals surface area contributed by atoms with Gasteiger partial charge in [0.2, 0.25) is 0 Å². The molecule has 1 unspecified atom stereocenters. The lowest BCUT2D eigenvalue weighted by atomic mass is 10.1. The third-order valence-electron chi connectivity index (χ3n) is 2.39. The molecule has 1 aromatic heterocycles. The van der Waals surface area contributed by atoms with Crippen LogP contribution in [0.25, 0.3) is 0 Å². The first kappa shape index (κ1) is 12.6. The number of carbonyl (C=O) groups is 1. The van der Waals surface area contributed by atoms with Crippen molar-refractivity contribution in [2.24, 2.45) is 0 Å². The van der Waals surface area contributed by atoms with Gasteiger partial charge in [-0.1, -0.05) is 15.9 Å². The number of aromatic amines is 1. The van der Waals surface area contributed by atoms with Crippen LogP contribution >= 0.6 is 15.9 Å². The molecule has 0 aliphatic carbocycles. The Hall–Kier alpha value is -1.89. The van der Waals surface area contributed by atoms with Crippen molar-refractivity contribution in [1.82, 2.24) is 20.5 Å². The van der Waals surface area contributed by atoms with Crippen molar-refractivity contribution in [3.05, 3.63) is 40.4 Å². The van der Waals surface area contributed by atoms with Crippen molar-refractivity contribution < 1.29 is 9.90 Å². The molecule has 18 heavy (non-hydrogen) atoms. The molecule has 94 valence electrons. The molecule has 1 amide bonds. The third-order valence-corrected chi connectivity index (χ3v) is 2.89. The van der Waals surface area contributed by atoms with Crippen molar-refractivity contribution >= 4 is 21.8 Å². The number of benzene rings is 1. The molecule has 0 saturated heterocycles. The fourth-order valence-corrected chi connectivity index (χ4v) is 1.82. The fraction of sp³-hybridized carbons (Fsp3) is 0.182. The summed E-state index contributed by atoms with van der Waals surface area (Å²) in [5.74, 6) is 0.107. The Morgan fingerprint density at radius 2 is 2.33 bits per heavy atom. The highest BCUT2D eigenvalue weighted by atomic mass is 79.9. The molecule has 0 aliphatic heterocycles. The number of aromatic hydroxyl groups is 1. The maximum absolute atomic E-state index is 12.0. The maximum atomic E-state index is 12.0. The molecule has 6 nitrogen and oxygen atoms in total. The first-order chi connectivity index (χ1) is 8.58. The largest absolute Gasteiger partial charge is 0.507 e. The molecule has 0 bridgehead atoms. The molecule has 7 heteroatoms. The van der Waals surface area contributed by atoms with Gasteiger partial charge < -0.3 is 10.4 Å². The van der Waals surface area contributed by atoms with Crippen molar-refractivity contribution in [3.8, 4) is 5.75 Å². The first-order valence-corrected chi connectivity index (χ1v) is 6.02. The van der Waals surface area contributed by atoms with E-state index in [0.717, 1.165) is 4.47 Å². The molecule has 0 spiro atoms. The summed E-state index contributed by atoms with van der Waals surface area (Å²) >= 11 is 3.25. The minimum absolute atomic E-state index is 0.0690. The number of hydrogen-bond donors (Lipinski definition) is 3. The monoisotopic (exact) mass is 310 g/mol. The van der Waals surface area contributed by atoms with E-state index in [-0.39, 0.29) is 23.3 Å². The van der Waals surface area contributed by atoms with E-state index in [1.54, 1.807) is 19.1 Å². The second-order valence-corrected chi connectivity index (χ2v) is 4.64. The standard InChI is InChI=1S/C11H11BrN4O2/c1-6(10-13-5-14-16-10)15-11(18)8-4-7(12)2-3-9(8)17/h2-6,17H,1H3,(H,15,18)(H,13,14,16). The maximum Gasteiger partial charge on any atom is 0.255 e. The van der Waals surface area contributed by atoms with Crippen LogP contribution in [0.2, 0.25) is 0 Å². The van der Waals surface area contributed by atoms with Crippen LogP contribution in [0.5, 0.6) is 5.75 Å². The van der Waals surface area contributed by atoms with Gasteiger partial charge in [-0.3, -0.25) is 9.89 Å². The summed E-state index contributed by atoms with van der Waals surface area (Å²) in [7, 11) is 0. The number of H-pyrrole nitrogens is 1. The van der Waals surface area contributed by atoms with Crippen LogP contribution in [-0.4, -0.2) is 26.2 Å². The SMILES string of the molecule is CC(NC(=O)c1cc(Br)ccc1O)c1ncn[nH]1. The quantitative estimate of drug-likeness (QED) is 0.805. The van der Waals surface area contributed by atoms with E-state index in [1.165, 1.54) is 12.4 Å². The van der Waals surface area contributed by atoms with Gasteiger partial charge in [0, 0.05) is 4.47 Å². The van der Waals surface area contributed by atoms with Gasteiger partial charge >= 0.3 is 0 Å². The van der Waals surface area contributed by atoms with Crippen molar-refractivity contribution in [2.45, 2.75) is 13.0 Å². The second kappa shape index (κ2) is 5.18. The van der Waals surface area contributed by atoms with Gasteiger partial charge in [-0.05, 0) is 25.1 Å². The van der Waals surface area contributed by atoms with Crippen LogP contribution in [0.4, 0.5) is 0 Å². The number of rotatable bonds is 3. The van der Waals surface area contributed by atoms with E-state index in [9.17, 15) is 9.90 Å². The Bertz CT molecular complexity index is 556. The van der Waals surface area contributed by atoms with Crippen LogP contribution in [0.15, 0.2) is 29.0 Å². The Morgan fingerprint density at radius 1 is 1.56 bits per heavy atom. The number of nitrogens with one attached hydrogen (secondary N) is 2. The average Bonchev–Trinajstić information content (AvgIpc) is 2.85. The topological polar surface area (TPSA) is 90.9 Å².